The van der Waals surface area contributed by atoms with Crippen LogP contribution in [-0.2, 0) is 6.54 Å². The fourth-order valence-electron chi connectivity index (χ4n) is 3.01. The number of hydrogen-bond acceptors (Lipinski definition) is 2. The van der Waals surface area contributed by atoms with Crippen molar-refractivity contribution in [3.8, 4) is 0 Å². The van der Waals surface area contributed by atoms with Crippen LogP contribution in [-0.4, -0.2) is 13.1 Å². The fourth-order valence-corrected chi connectivity index (χ4v) is 3.01. The Balaban J connectivity index is 1.87. The van der Waals surface area contributed by atoms with Gasteiger partial charge in [-0.2, -0.15) is 0 Å². The first kappa shape index (κ1) is 13.1. The molecule has 0 bridgehead atoms. The second-order valence-electron chi connectivity index (χ2n) is 5.31. The molecule has 0 fully saturated rings. The second kappa shape index (κ2) is 5.63. The summed E-state index contributed by atoms with van der Waals surface area (Å²) in [6, 6.07) is 15.4. The van der Waals surface area contributed by atoms with E-state index in [4.69, 9.17) is 5.73 Å². The van der Waals surface area contributed by atoms with Crippen LogP contribution in [0.3, 0.4) is 0 Å². The van der Waals surface area contributed by atoms with Crippen LogP contribution in [0.2, 0.25) is 0 Å². The molecule has 1 aliphatic rings. The van der Waals surface area contributed by atoms with E-state index in [1.54, 1.807) is 6.07 Å². The highest BCUT2D eigenvalue weighted by Crippen LogP contribution is 2.38. The summed E-state index contributed by atoms with van der Waals surface area (Å²) in [6.45, 7) is 2.22. The number of anilines is 1. The molecule has 0 saturated heterocycles. The van der Waals surface area contributed by atoms with Crippen LogP contribution in [0.4, 0.5) is 10.1 Å². The number of hydrogen-bond donors (Lipinski definition) is 1. The zero-order valence-corrected chi connectivity index (χ0v) is 11.4. The van der Waals surface area contributed by atoms with Crippen molar-refractivity contribution >= 4 is 5.69 Å². The Labute approximate surface area is 119 Å². The monoisotopic (exact) mass is 270 g/mol. The summed E-state index contributed by atoms with van der Waals surface area (Å²) >= 11 is 0. The number of benzene rings is 2. The van der Waals surface area contributed by atoms with Crippen molar-refractivity contribution in [2.45, 2.75) is 18.9 Å². The van der Waals surface area contributed by atoms with Crippen molar-refractivity contribution in [1.82, 2.24) is 0 Å². The Morgan fingerprint density at radius 1 is 1.10 bits per heavy atom. The average molecular weight is 270 g/mol. The number of rotatable bonds is 4. The lowest BCUT2D eigenvalue weighted by atomic mass is 9.98. The largest absolute Gasteiger partial charge is 0.366 e. The van der Waals surface area contributed by atoms with E-state index in [0.717, 1.165) is 18.5 Å². The first-order valence-corrected chi connectivity index (χ1v) is 7.07. The van der Waals surface area contributed by atoms with Gasteiger partial charge in [0.1, 0.15) is 5.82 Å². The van der Waals surface area contributed by atoms with Gasteiger partial charge in [-0.1, -0.05) is 36.4 Å². The van der Waals surface area contributed by atoms with Crippen molar-refractivity contribution in [2.24, 2.45) is 5.73 Å². The van der Waals surface area contributed by atoms with Gasteiger partial charge in [0.25, 0.3) is 0 Å². The van der Waals surface area contributed by atoms with Crippen molar-refractivity contribution in [1.29, 1.82) is 0 Å². The molecule has 2 aromatic carbocycles. The van der Waals surface area contributed by atoms with E-state index in [1.165, 1.54) is 17.3 Å². The van der Waals surface area contributed by atoms with Gasteiger partial charge in [0.05, 0.1) is 0 Å². The molecule has 0 radical (unpaired) electrons. The number of para-hydroxylation sites is 1. The maximum Gasteiger partial charge on any atom is 0.128 e. The molecule has 104 valence electrons. The van der Waals surface area contributed by atoms with E-state index in [9.17, 15) is 4.39 Å². The Bertz CT molecular complexity index is 597. The van der Waals surface area contributed by atoms with Gasteiger partial charge in [-0.3, -0.25) is 0 Å². The molecule has 1 aliphatic heterocycles. The summed E-state index contributed by atoms with van der Waals surface area (Å²) in [6.07, 6.45) is 0.977. The van der Waals surface area contributed by atoms with Gasteiger partial charge in [0.2, 0.25) is 0 Å². The summed E-state index contributed by atoms with van der Waals surface area (Å²) in [5, 5.41) is 0. The Morgan fingerprint density at radius 2 is 1.85 bits per heavy atom. The third kappa shape index (κ3) is 2.41. The molecule has 3 heteroatoms. The molecule has 0 spiro atoms. The molecule has 2 N–H and O–H groups in total. The van der Waals surface area contributed by atoms with Crippen LogP contribution in [0.15, 0.2) is 48.5 Å². The van der Waals surface area contributed by atoms with Crippen LogP contribution >= 0.6 is 0 Å². The highest BCUT2D eigenvalue weighted by atomic mass is 19.1. The molecule has 0 aliphatic carbocycles. The van der Waals surface area contributed by atoms with Crippen molar-refractivity contribution in [3.05, 3.63) is 65.5 Å². The van der Waals surface area contributed by atoms with Gasteiger partial charge in [0.15, 0.2) is 0 Å². The smallest absolute Gasteiger partial charge is 0.128 e. The Kier molecular flexibility index (Phi) is 3.70. The molecular weight excluding hydrogens is 251 g/mol. The molecule has 1 unspecified atom stereocenters. The van der Waals surface area contributed by atoms with Crippen LogP contribution in [0, 0.1) is 5.82 Å². The van der Waals surface area contributed by atoms with Crippen molar-refractivity contribution in [2.75, 3.05) is 18.0 Å². The van der Waals surface area contributed by atoms with Gasteiger partial charge in [-0.25, -0.2) is 4.39 Å². The molecule has 0 amide bonds. The number of halogens is 1. The molecule has 0 saturated carbocycles. The van der Waals surface area contributed by atoms with Gasteiger partial charge < -0.3 is 10.6 Å². The summed E-state index contributed by atoms with van der Waals surface area (Å²) in [7, 11) is 0. The van der Waals surface area contributed by atoms with Gasteiger partial charge in [-0.15, -0.1) is 0 Å². The van der Waals surface area contributed by atoms with E-state index >= 15 is 0 Å². The van der Waals surface area contributed by atoms with Gasteiger partial charge in [0, 0.05) is 30.3 Å². The normalized spacial score (nSPS) is 17.3. The average Bonchev–Trinajstić information content (AvgIpc) is 2.81. The Hall–Kier alpha value is -1.87. The summed E-state index contributed by atoms with van der Waals surface area (Å²) in [5.74, 6) is 0.329. The van der Waals surface area contributed by atoms with Crippen LogP contribution in [0.25, 0.3) is 0 Å². The second-order valence-corrected chi connectivity index (χ2v) is 5.31. The van der Waals surface area contributed by atoms with E-state index in [0.29, 0.717) is 19.0 Å². The minimum atomic E-state index is -0.132. The topological polar surface area (TPSA) is 29.3 Å². The molecule has 2 aromatic rings. The quantitative estimate of drug-likeness (QED) is 0.924. The third-order valence-electron chi connectivity index (χ3n) is 3.99. The van der Waals surface area contributed by atoms with E-state index in [1.807, 2.05) is 18.2 Å². The first-order valence-electron chi connectivity index (χ1n) is 7.07. The predicted octanol–water partition coefficient (Wildman–Crippen LogP) is 3.28. The van der Waals surface area contributed by atoms with E-state index < -0.39 is 0 Å². The summed E-state index contributed by atoms with van der Waals surface area (Å²) < 4.78 is 13.8. The molecule has 1 atom stereocenters. The van der Waals surface area contributed by atoms with Crippen LogP contribution in [0.1, 0.15) is 23.5 Å². The minimum Gasteiger partial charge on any atom is -0.366 e. The van der Waals surface area contributed by atoms with E-state index in [2.05, 4.69) is 23.1 Å². The van der Waals surface area contributed by atoms with Crippen LogP contribution in [0.5, 0.6) is 0 Å². The van der Waals surface area contributed by atoms with Gasteiger partial charge in [-0.05, 0) is 30.7 Å². The molecule has 3 rings (SSSR count). The van der Waals surface area contributed by atoms with Crippen LogP contribution < -0.4 is 10.6 Å². The SMILES string of the molecule is NCCC1CN(Cc2ccccc2F)c2ccccc21. The highest BCUT2D eigenvalue weighted by Gasteiger charge is 2.27. The minimum absolute atomic E-state index is 0.132. The van der Waals surface area contributed by atoms with Crippen molar-refractivity contribution in [3.63, 3.8) is 0 Å². The highest BCUT2D eigenvalue weighted by molar-refractivity contribution is 5.60. The maximum atomic E-state index is 13.8. The zero-order chi connectivity index (χ0) is 13.9. The molecular formula is C17H19FN2. The third-order valence-corrected chi connectivity index (χ3v) is 3.99. The van der Waals surface area contributed by atoms with Crippen molar-refractivity contribution < 1.29 is 4.39 Å². The lowest BCUT2D eigenvalue weighted by Crippen LogP contribution is -2.22. The Morgan fingerprint density at radius 3 is 2.65 bits per heavy atom. The first-order chi connectivity index (χ1) is 9.79. The van der Waals surface area contributed by atoms with Gasteiger partial charge >= 0.3 is 0 Å². The molecule has 2 nitrogen and oxygen atoms in total. The summed E-state index contributed by atoms with van der Waals surface area (Å²) in [4.78, 5) is 2.26. The maximum absolute atomic E-state index is 13.8. The number of nitrogens with zero attached hydrogens (tertiary/aromatic N) is 1. The lowest BCUT2D eigenvalue weighted by molar-refractivity contribution is 0.597. The van der Waals surface area contributed by atoms with E-state index in [-0.39, 0.29) is 5.82 Å². The molecule has 0 aromatic heterocycles. The zero-order valence-electron chi connectivity index (χ0n) is 11.4. The molecule has 1 heterocycles. The standard InChI is InChI=1S/C17H19FN2/c18-16-7-3-1-5-14(16)12-20-11-13(9-10-19)15-6-2-4-8-17(15)20/h1-8,13H,9-12,19H2. The number of nitrogens with two attached hydrogens (primary N) is 1. The molecule has 20 heavy (non-hydrogen) atoms. The predicted molar refractivity (Wildman–Crippen MR) is 80.3 cm³/mol. The number of fused-ring (bicyclic) bond motifs is 1. The fraction of sp³-hybridized carbons (Fsp3) is 0.294. The lowest BCUT2D eigenvalue weighted by Gasteiger charge is -2.20. The summed E-state index contributed by atoms with van der Waals surface area (Å²) in [5.41, 5.74) is 9.01.